The zero-order valence-corrected chi connectivity index (χ0v) is 21.5. The number of alkyl halides is 3. The van der Waals surface area contributed by atoms with Crippen molar-refractivity contribution in [1.29, 1.82) is 0 Å². The Morgan fingerprint density at radius 1 is 1.03 bits per heavy atom. The van der Waals surface area contributed by atoms with Gasteiger partial charge in [0, 0.05) is 11.4 Å². The highest BCUT2D eigenvalue weighted by Crippen LogP contribution is 2.36. The molecule has 0 fully saturated rings. The van der Waals surface area contributed by atoms with Gasteiger partial charge in [0.2, 0.25) is 0 Å². The van der Waals surface area contributed by atoms with Crippen molar-refractivity contribution >= 4 is 19.4 Å². The standard InChI is InChI=1S/C24H32F4NO4PS/c1-23(2,19-7-9-20(25)10-8-19)12-3-4-15-35-22-11-6-18(16-21(22)33-24(26,27)28)17-29-13-5-14-34(30,31)32/h6-11,16,29H,3-5,12-15,17H2,1-2H3,(H2,30,31,32). The van der Waals surface area contributed by atoms with Crippen LogP contribution in [0.4, 0.5) is 17.6 Å². The molecule has 0 unspecified atom stereocenters. The lowest BCUT2D eigenvalue weighted by atomic mass is 9.80. The van der Waals surface area contributed by atoms with Crippen LogP contribution < -0.4 is 10.1 Å². The van der Waals surface area contributed by atoms with Crippen LogP contribution >= 0.6 is 19.4 Å². The molecule has 0 aliphatic rings. The van der Waals surface area contributed by atoms with E-state index in [2.05, 4.69) is 23.9 Å². The van der Waals surface area contributed by atoms with Crippen LogP contribution in [-0.4, -0.2) is 34.6 Å². The Kier molecular flexibility index (Phi) is 11.1. The van der Waals surface area contributed by atoms with E-state index >= 15 is 0 Å². The quantitative estimate of drug-likeness (QED) is 0.109. The first-order chi connectivity index (χ1) is 16.3. The van der Waals surface area contributed by atoms with E-state index in [9.17, 15) is 22.1 Å². The number of benzene rings is 2. The molecule has 5 nitrogen and oxygen atoms in total. The van der Waals surface area contributed by atoms with E-state index in [-0.39, 0.29) is 36.1 Å². The largest absolute Gasteiger partial charge is 0.573 e. The average molecular weight is 538 g/mol. The molecule has 0 spiro atoms. The van der Waals surface area contributed by atoms with E-state index < -0.39 is 14.0 Å². The minimum atomic E-state index is -4.82. The fourth-order valence-corrected chi connectivity index (χ4v) is 5.07. The summed E-state index contributed by atoms with van der Waals surface area (Å²) in [5, 5.41) is 2.97. The predicted octanol–water partition coefficient (Wildman–Crippen LogP) is 6.62. The van der Waals surface area contributed by atoms with Crippen LogP contribution in [-0.2, 0) is 16.5 Å². The molecule has 0 aromatic heterocycles. The molecule has 2 aromatic rings. The van der Waals surface area contributed by atoms with Crippen LogP contribution in [0.1, 0.15) is 50.7 Å². The number of nitrogens with one attached hydrogen (secondary N) is 1. The first-order valence-corrected chi connectivity index (χ1v) is 14.1. The van der Waals surface area contributed by atoms with E-state index in [1.54, 1.807) is 24.3 Å². The summed E-state index contributed by atoms with van der Waals surface area (Å²) >= 11 is 1.30. The first kappa shape index (κ1) is 29.6. The zero-order chi connectivity index (χ0) is 26.1. The molecule has 0 heterocycles. The van der Waals surface area contributed by atoms with Gasteiger partial charge in [-0.05, 0) is 72.4 Å². The Morgan fingerprint density at radius 3 is 2.34 bits per heavy atom. The third-order valence-electron chi connectivity index (χ3n) is 5.45. The van der Waals surface area contributed by atoms with Crippen molar-refractivity contribution in [2.75, 3.05) is 18.5 Å². The van der Waals surface area contributed by atoms with Crippen LogP contribution in [0.25, 0.3) is 0 Å². The minimum absolute atomic E-state index is 0.136. The van der Waals surface area contributed by atoms with Gasteiger partial charge in [-0.2, -0.15) is 0 Å². The lowest BCUT2D eigenvalue weighted by molar-refractivity contribution is -0.275. The van der Waals surface area contributed by atoms with E-state index in [4.69, 9.17) is 9.79 Å². The van der Waals surface area contributed by atoms with Crippen molar-refractivity contribution in [3.05, 3.63) is 59.4 Å². The number of ether oxygens (including phenoxy) is 1. The molecule has 2 rings (SSSR count). The SMILES string of the molecule is CC(C)(CCCCSc1ccc(CNCCCP(=O)(O)O)cc1OC(F)(F)F)c1ccc(F)cc1. The highest BCUT2D eigenvalue weighted by atomic mass is 32.2. The van der Waals surface area contributed by atoms with Gasteiger partial charge in [0.25, 0.3) is 0 Å². The summed E-state index contributed by atoms with van der Waals surface area (Å²) in [5.74, 6) is 0.0800. The van der Waals surface area contributed by atoms with Gasteiger partial charge in [-0.3, -0.25) is 4.57 Å². The minimum Gasteiger partial charge on any atom is -0.405 e. The van der Waals surface area contributed by atoms with Gasteiger partial charge < -0.3 is 19.8 Å². The van der Waals surface area contributed by atoms with Crippen molar-refractivity contribution in [3.63, 3.8) is 0 Å². The molecule has 3 N–H and O–H groups in total. The number of hydrogen-bond donors (Lipinski definition) is 3. The second-order valence-electron chi connectivity index (χ2n) is 8.94. The van der Waals surface area contributed by atoms with Crippen molar-refractivity contribution in [2.24, 2.45) is 0 Å². The lowest BCUT2D eigenvalue weighted by Gasteiger charge is -2.25. The molecule has 0 aliphatic heterocycles. The van der Waals surface area contributed by atoms with Gasteiger partial charge >= 0.3 is 14.0 Å². The van der Waals surface area contributed by atoms with Gasteiger partial charge in [0.15, 0.2) is 0 Å². The molecule has 0 saturated heterocycles. The summed E-state index contributed by atoms with van der Waals surface area (Å²) < 4.78 is 67.1. The van der Waals surface area contributed by atoms with Crippen LogP contribution in [0.5, 0.6) is 5.75 Å². The lowest BCUT2D eigenvalue weighted by Crippen LogP contribution is -2.19. The van der Waals surface area contributed by atoms with Crippen molar-refractivity contribution < 1.29 is 36.7 Å². The van der Waals surface area contributed by atoms with Crippen LogP contribution in [0.2, 0.25) is 0 Å². The molecular formula is C24H32F4NO4PS. The third-order valence-corrected chi connectivity index (χ3v) is 7.49. The number of hydrogen-bond acceptors (Lipinski definition) is 4. The summed E-state index contributed by atoms with van der Waals surface area (Å²) in [6.07, 6.45) is -2.30. The normalized spacial score (nSPS) is 12.7. The van der Waals surface area contributed by atoms with Gasteiger partial charge in [-0.25, -0.2) is 4.39 Å². The molecule has 2 aromatic carbocycles. The molecule has 196 valence electrons. The second kappa shape index (κ2) is 13.1. The van der Waals surface area contributed by atoms with Gasteiger partial charge in [-0.15, -0.1) is 24.9 Å². The zero-order valence-electron chi connectivity index (χ0n) is 19.8. The molecule has 11 heteroatoms. The number of halogens is 4. The molecule has 35 heavy (non-hydrogen) atoms. The number of thioether (sulfide) groups is 1. The highest BCUT2D eigenvalue weighted by molar-refractivity contribution is 7.99. The Morgan fingerprint density at radius 2 is 1.71 bits per heavy atom. The Balaban J connectivity index is 1.87. The summed E-state index contributed by atoms with van der Waals surface area (Å²) in [6.45, 7) is 4.74. The Hall–Kier alpha value is -1.58. The average Bonchev–Trinajstić information content (AvgIpc) is 2.73. The third kappa shape index (κ3) is 11.8. The maximum absolute atomic E-state index is 13.2. The molecule has 0 saturated carbocycles. The van der Waals surface area contributed by atoms with Crippen LogP contribution in [0.15, 0.2) is 47.4 Å². The van der Waals surface area contributed by atoms with Crippen molar-refractivity contribution in [1.82, 2.24) is 5.32 Å². The Labute approximate surface area is 207 Å². The van der Waals surface area contributed by atoms with E-state index in [0.717, 1.165) is 24.8 Å². The van der Waals surface area contributed by atoms with Crippen molar-refractivity contribution in [3.8, 4) is 5.75 Å². The number of rotatable bonds is 14. The predicted molar refractivity (Wildman–Crippen MR) is 130 cm³/mol. The maximum Gasteiger partial charge on any atom is 0.573 e. The fraction of sp³-hybridized carbons (Fsp3) is 0.500. The van der Waals surface area contributed by atoms with Gasteiger partial charge in [-0.1, -0.05) is 38.5 Å². The molecular weight excluding hydrogens is 505 g/mol. The molecule has 0 aliphatic carbocycles. The molecule has 0 atom stereocenters. The second-order valence-corrected chi connectivity index (χ2v) is 11.9. The van der Waals surface area contributed by atoms with E-state index in [1.165, 1.54) is 30.0 Å². The maximum atomic E-state index is 13.2. The van der Waals surface area contributed by atoms with E-state index in [1.807, 2.05) is 0 Å². The molecule has 0 bridgehead atoms. The topological polar surface area (TPSA) is 78.8 Å². The molecule has 0 radical (unpaired) electrons. The highest BCUT2D eigenvalue weighted by Gasteiger charge is 2.32. The number of unbranched alkanes of at least 4 members (excludes halogenated alkanes) is 1. The molecule has 0 amide bonds. The van der Waals surface area contributed by atoms with E-state index in [0.29, 0.717) is 22.8 Å². The fourth-order valence-electron chi connectivity index (χ4n) is 3.53. The summed E-state index contributed by atoms with van der Waals surface area (Å²) in [7, 11) is -4.06. The summed E-state index contributed by atoms with van der Waals surface area (Å²) in [6, 6.07) is 11.1. The van der Waals surface area contributed by atoms with Gasteiger partial charge in [0.1, 0.15) is 11.6 Å². The van der Waals surface area contributed by atoms with Gasteiger partial charge in [0.05, 0.1) is 6.16 Å². The smallest absolute Gasteiger partial charge is 0.405 e. The van der Waals surface area contributed by atoms with Crippen LogP contribution in [0.3, 0.4) is 0 Å². The summed E-state index contributed by atoms with van der Waals surface area (Å²) in [4.78, 5) is 18.1. The Bertz CT molecular complexity index is 980. The van der Waals surface area contributed by atoms with Crippen LogP contribution in [0, 0.1) is 5.82 Å². The first-order valence-electron chi connectivity index (χ1n) is 11.3. The van der Waals surface area contributed by atoms with Crippen molar-refractivity contribution in [2.45, 2.75) is 62.7 Å². The monoisotopic (exact) mass is 537 g/mol. The summed E-state index contributed by atoms with van der Waals surface area (Å²) in [5.41, 5.74) is 1.48.